The van der Waals surface area contributed by atoms with E-state index in [0.29, 0.717) is 32.0 Å². The van der Waals surface area contributed by atoms with Crippen LogP contribution in [0.4, 0.5) is 11.6 Å². The van der Waals surface area contributed by atoms with E-state index in [-0.39, 0.29) is 43.5 Å². The molecule has 2 fully saturated rings. The predicted molar refractivity (Wildman–Crippen MR) is 106 cm³/mol. The van der Waals surface area contributed by atoms with Crippen molar-refractivity contribution < 1.29 is 22.7 Å². The summed E-state index contributed by atoms with van der Waals surface area (Å²) in [7, 11) is -3.60. The van der Waals surface area contributed by atoms with Crippen molar-refractivity contribution in [3.63, 3.8) is 0 Å². The summed E-state index contributed by atoms with van der Waals surface area (Å²) >= 11 is 0. The Morgan fingerprint density at radius 2 is 1.79 bits per heavy atom. The fourth-order valence-corrected chi connectivity index (χ4v) is 4.12. The van der Waals surface area contributed by atoms with Crippen LogP contribution in [0.2, 0.25) is 0 Å². The van der Waals surface area contributed by atoms with Gasteiger partial charge in [-0.25, -0.2) is 23.1 Å². The second-order valence-electron chi connectivity index (χ2n) is 6.79. The second-order valence-corrected chi connectivity index (χ2v) is 8.72. The number of carbonyl (C=O) groups is 2. The van der Waals surface area contributed by atoms with Gasteiger partial charge in [0, 0.05) is 51.6 Å². The van der Waals surface area contributed by atoms with Crippen LogP contribution in [0, 0.1) is 0 Å². The van der Waals surface area contributed by atoms with Gasteiger partial charge < -0.3 is 15.0 Å². The molecule has 0 aromatic carbocycles. The van der Waals surface area contributed by atoms with Gasteiger partial charge in [0.1, 0.15) is 18.0 Å². The highest BCUT2D eigenvalue weighted by Gasteiger charge is 2.27. The van der Waals surface area contributed by atoms with Gasteiger partial charge in [-0.2, -0.15) is 0 Å². The van der Waals surface area contributed by atoms with Crippen LogP contribution < -0.4 is 14.9 Å². The van der Waals surface area contributed by atoms with E-state index in [1.807, 2.05) is 6.07 Å². The molecule has 3 rings (SSSR count). The highest BCUT2D eigenvalue weighted by Crippen LogP contribution is 2.15. The summed E-state index contributed by atoms with van der Waals surface area (Å²) in [5.41, 5.74) is 0. The molecule has 1 aromatic rings. The van der Waals surface area contributed by atoms with Crippen molar-refractivity contribution in [3.8, 4) is 0 Å². The normalized spacial score (nSPS) is 18.2. The fourth-order valence-electron chi connectivity index (χ4n) is 3.14. The van der Waals surface area contributed by atoms with Gasteiger partial charge in [0.2, 0.25) is 21.8 Å². The van der Waals surface area contributed by atoms with Crippen LogP contribution in [0.25, 0.3) is 0 Å². The first-order valence-corrected chi connectivity index (χ1v) is 11.3. The number of imide groups is 1. The summed E-state index contributed by atoms with van der Waals surface area (Å²) in [6.45, 7) is 3.21. The Balaban J connectivity index is 1.41. The Morgan fingerprint density at radius 1 is 1.07 bits per heavy atom. The number of sulfonamides is 1. The third-order valence-electron chi connectivity index (χ3n) is 4.71. The monoisotopic (exact) mass is 426 g/mol. The topological polar surface area (TPSA) is 134 Å². The molecule has 0 bridgehead atoms. The predicted octanol–water partition coefficient (Wildman–Crippen LogP) is -0.816. The molecular formula is C17H26N6O5S. The first-order chi connectivity index (χ1) is 13.9. The van der Waals surface area contributed by atoms with E-state index in [0.717, 1.165) is 23.8 Å². The molecule has 2 N–H and O–H groups in total. The largest absolute Gasteiger partial charge is 0.378 e. The zero-order valence-corrected chi connectivity index (χ0v) is 17.0. The summed E-state index contributed by atoms with van der Waals surface area (Å²) in [5.74, 6) is 0.474. The molecule has 0 spiro atoms. The number of carbonyl (C=O) groups excluding carboxylic acids is 2. The standard InChI is InChI=1S/C17H26N6O5S/c24-16-2-1-3-17(25)23(16)8-11-29(26,27)21-5-4-18-14-12-15(20-13-19-14)22-6-9-28-10-7-22/h12-13,21H,1-11H2,(H,18,19,20). The summed E-state index contributed by atoms with van der Waals surface area (Å²) in [4.78, 5) is 35.0. The number of nitrogens with one attached hydrogen (secondary N) is 2. The zero-order valence-electron chi connectivity index (χ0n) is 16.2. The molecule has 0 saturated carbocycles. The number of anilines is 2. The van der Waals surface area contributed by atoms with E-state index in [1.165, 1.54) is 6.33 Å². The summed E-state index contributed by atoms with van der Waals surface area (Å²) < 4.78 is 32.0. The molecule has 2 saturated heterocycles. The van der Waals surface area contributed by atoms with Gasteiger partial charge in [-0.3, -0.25) is 14.5 Å². The first-order valence-electron chi connectivity index (χ1n) is 9.64. The van der Waals surface area contributed by atoms with Gasteiger partial charge in [0.15, 0.2) is 0 Å². The fraction of sp³-hybridized carbons (Fsp3) is 0.647. The van der Waals surface area contributed by atoms with Gasteiger partial charge in [0.05, 0.1) is 19.0 Å². The van der Waals surface area contributed by atoms with E-state index in [2.05, 4.69) is 24.9 Å². The Kier molecular flexibility index (Phi) is 7.34. The lowest BCUT2D eigenvalue weighted by Gasteiger charge is -2.27. The molecule has 2 aliphatic rings. The van der Waals surface area contributed by atoms with Gasteiger partial charge in [-0.15, -0.1) is 0 Å². The number of hydrogen-bond donors (Lipinski definition) is 2. The number of piperidine rings is 1. The molecule has 0 aliphatic carbocycles. The maximum Gasteiger partial charge on any atom is 0.229 e. The average molecular weight is 426 g/mol. The first kappa shape index (κ1) is 21.4. The van der Waals surface area contributed by atoms with Crippen LogP contribution in [0.15, 0.2) is 12.4 Å². The molecule has 160 valence electrons. The van der Waals surface area contributed by atoms with E-state index in [9.17, 15) is 18.0 Å². The minimum Gasteiger partial charge on any atom is -0.378 e. The maximum atomic E-state index is 12.1. The Bertz CT molecular complexity index is 811. The number of likely N-dealkylation sites (tertiary alicyclic amines) is 1. The third-order valence-corrected chi connectivity index (χ3v) is 6.07. The second kappa shape index (κ2) is 9.94. The Morgan fingerprint density at radius 3 is 2.52 bits per heavy atom. The maximum absolute atomic E-state index is 12.1. The van der Waals surface area contributed by atoms with Crippen LogP contribution in [0.3, 0.4) is 0 Å². The highest BCUT2D eigenvalue weighted by molar-refractivity contribution is 7.89. The smallest absolute Gasteiger partial charge is 0.229 e. The van der Waals surface area contributed by atoms with Crippen molar-refractivity contribution in [2.24, 2.45) is 0 Å². The molecule has 12 heteroatoms. The number of ether oxygens (including phenoxy) is 1. The lowest BCUT2D eigenvalue weighted by molar-refractivity contribution is -0.147. The van der Waals surface area contributed by atoms with E-state index in [1.54, 1.807) is 0 Å². The van der Waals surface area contributed by atoms with Crippen molar-refractivity contribution in [1.82, 2.24) is 19.6 Å². The van der Waals surface area contributed by atoms with E-state index >= 15 is 0 Å². The summed E-state index contributed by atoms with van der Waals surface area (Å²) in [6, 6.07) is 1.81. The molecule has 3 heterocycles. The van der Waals surface area contributed by atoms with Crippen molar-refractivity contribution in [2.75, 3.05) is 61.9 Å². The molecule has 0 radical (unpaired) electrons. The molecular weight excluding hydrogens is 400 g/mol. The number of aromatic nitrogens is 2. The third kappa shape index (κ3) is 6.34. The van der Waals surface area contributed by atoms with Gasteiger partial charge in [0.25, 0.3) is 0 Å². The number of amides is 2. The quantitative estimate of drug-likeness (QED) is 0.384. The van der Waals surface area contributed by atoms with Crippen LogP contribution in [-0.4, -0.2) is 86.8 Å². The molecule has 29 heavy (non-hydrogen) atoms. The van der Waals surface area contributed by atoms with Crippen LogP contribution in [0.1, 0.15) is 19.3 Å². The van der Waals surface area contributed by atoms with Gasteiger partial charge >= 0.3 is 0 Å². The average Bonchev–Trinajstić information content (AvgIpc) is 2.72. The number of hydrogen-bond acceptors (Lipinski definition) is 9. The van der Waals surface area contributed by atoms with Crippen molar-refractivity contribution >= 4 is 33.5 Å². The number of rotatable bonds is 9. The van der Waals surface area contributed by atoms with E-state index < -0.39 is 10.0 Å². The molecule has 2 amide bonds. The van der Waals surface area contributed by atoms with Crippen LogP contribution in [0.5, 0.6) is 0 Å². The summed E-state index contributed by atoms with van der Waals surface area (Å²) in [6.07, 6.45) is 2.56. The van der Waals surface area contributed by atoms with Crippen molar-refractivity contribution in [3.05, 3.63) is 12.4 Å². The highest BCUT2D eigenvalue weighted by atomic mass is 32.2. The van der Waals surface area contributed by atoms with Gasteiger partial charge in [-0.05, 0) is 6.42 Å². The van der Waals surface area contributed by atoms with E-state index in [4.69, 9.17) is 4.74 Å². The number of nitrogens with zero attached hydrogens (tertiary/aromatic N) is 4. The van der Waals surface area contributed by atoms with Gasteiger partial charge in [-0.1, -0.05) is 0 Å². The molecule has 0 unspecified atom stereocenters. The molecule has 1 aromatic heterocycles. The minimum absolute atomic E-state index is 0.116. The molecule has 2 aliphatic heterocycles. The van der Waals surface area contributed by atoms with Crippen LogP contribution in [-0.2, 0) is 24.3 Å². The minimum atomic E-state index is -3.60. The Hall–Kier alpha value is -2.31. The Labute approximate surface area is 169 Å². The lowest BCUT2D eigenvalue weighted by atomic mass is 10.1. The number of morpholine rings is 1. The molecule has 11 nitrogen and oxygen atoms in total. The van der Waals surface area contributed by atoms with Crippen molar-refractivity contribution in [1.29, 1.82) is 0 Å². The van der Waals surface area contributed by atoms with Crippen molar-refractivity contribution in [2.45, 2.75) is 19.3 Å². The van der Waals surface area contributed by atoms with Crippen LogP contribution >= 0.6 is 0 Å². The molecule has 0 atom stereocenters. The zero-order chi connectivity index (χ0) is 20.7. The lowest BCUT2D eigenvalue weighted by Crippen LogP contribution is -2.44. The SMILES string of the molecule is O=C1CCCC(=O)N1CCS(=O)(=O)NCCNc1cc(N2CCOCC2)ncn1. The summed E-state index contributed by atoms with van der Waals surface area (Å²) in [5, 5.41) is 3.06.